The lowest BCUT2D eigenvalue weighted by Crippen LogP contribution is -2.02. The molecule has 3 aromatic heterocycles. The fourth-order valence-corrected chi connectivity index (χ4v) is 3.25. The van der Waals surface area contributed by atoms with E-state index in [-0.39, 0.29) is 5.63 Å². The van der Waals surface area contributed by atoms with Crippen molar-refractivity contribution < 1.29 is 4.42 Å². The van der Waals surface area contributed by atoms with E-state index >= 15 is 0 Å². The second-order valence-corrected chi connectivity index (χ2v) is 6.23. The van der Waals surface area contributed by atoms with Gasteiger partial charge < -0.3 is 4.42 Å². The highest BCUT2D eigenvalue weighted by atomic mass is 32.1. The molecule has 0 N–H and O–H groups in total. The number of rotatable bonds is 2. The molecule has 0 fully saturated rings. The molecule has 0 aliphatic heterocycles. The molecule has 0 spiro atoms. The molecule has 5 nitrogen and oxygen atoms in total. The first-order valence-corrected chi connectivity index (χ1v) is 7.85. The second-order valence-electron chi connectivity index (χ2n) is 5.19. The van der Waals surface area contributed by atoms with Crippen LogP contribution in [0.2, 0.25) is 0 Å². The Bertz CT molecular complexity index is 1030. The van der Waals surface area contributed by atoms with Crippen LogP contribution in [-0.2, 0) is 6.42 Å². The van der Waals surface area contributed by atoms with Crippen LogP contribution in [0.4, 0.5) is 0 Å². The fourth-order valence-electron chi connectivity index (χ4n) is 2.44. The maximum Gasteiger partial charge on any atom is 0.345 e. The van der Waals surface area contributed by atoms with Crippen LogP contribution in [-0.4, -0.2) is 14.6 Å². The van der Waals surface area contributed by atoms with E-state index in [0.717, 1.165) is 27.3 Å². The summed E-state index contributed by atoms with van der Waals surface area (Å²) in [6, 6.07) is 7.57. The SMILES string of the molecule is CCc1nn2cc(-c3cc4cc(C)ccc4oc3=O)nc2s1. The summed E-state index contributed by atoms with van der Waals surface area (Å²) in [6.45, 7) is 4.06. The number of hydrogen-bond acceptors (Lipinski definition) is 5. The topological polar surface area (TPSA) is 60.4 Å². The van der Waals surface area contributed by atoms with Crippen LogP contribution >= 0.6 is 11.3 Å². The molecule has 110 valence electrons. The van der Waals surface area contributed by atoms with Crippen molar-refractivity contribution in [2.45, 2.75) is 20.3 Å². The summed E-state index contributed by atoms with van der Waals surface area (Å²) in [5.74, 6) is 0. The van der Waals surface area contributed by atoms with E-state index in [9.17, 15) is 4.79 Å². The van der Waals surface area contributed by atoms with Crippen molar-refractivity contribution in [2.75, 3.05) is 0 Å². The van der Waals surface area contributed by atoms with Gasteiger partial charge in [0.25, 0.3) is 0 Å². The molecule has 6 heteroatoms. The summed E-state index contributed by atoms with van der Waals surface area (Å²) < 4.78 is 7.12. The summed E-state index contributed by atoms with van der Waals surface area (Å²) in [5.41, 5.74) is 2.39. The Kier molecular flexibility index (Phi) is 2.87. The molecule has 22 heavy (non-hydrogen) atoms. The normalized spacial score (nSPS) is 11.5. The molecular formula is C16H13N3O2S. The van der Waals surface area contributed by atoms with Gasteiger partial charge in [0, 0.05) is 5.39 Å². The molecule has 0 bridgehead atoms. The number of aromatic nitrogens is 3. The van der Waals surface area contributed by atoms with E-state index in [2.05, 4.69) is 17.0 Å². The van der Waals surface area contributed by atoms with Crippen molar-refractivity contribution in [3.63, 3.8) is 0 Å². The smallest absolute Gasteiger partial charge is 0.345 e. The number of hydrogen-bond donors (Lipinski definition) is 0. The van der Waals surface area contributed by atoms with Crippen LogP contribution in [0.3, 0.4) is 0 Å². The van der Waals surface area contributed by atoms with Crippen LogP contribution < -0.4 is 5.63 Å². The van der Waals surface area contributed by atoms with Gasteiger partial charge in [-0.3, -0.25) is 0 Å². The van der Waals surface area contributed by atoms with Crippen molar-refractivity contribution in [1.82, 2.24) is 14.6 Å². The van der Waals surface area contributed by atoms with Crippen LogP contribution in [0.5, 0.6) is 0 Å². The predicted octanol–water partition coefficient (Wildman–Crippen LogP) is 3.44. The van der Waals surface area contributed by atoms with E-state index in [4.69, 9.17) is 4.42 Å². The Morgan fingerprint density at radius 1 is 1.32 bits per heavy atom. The first-order valence-electron chi connectivity index (χ1n) is 7.04. The lowest BCUT2D eigenvalue weighted by atomic mass is 10.1. The molecule has 0 aliphatic carbocycles. The first kappa shape index (κ1) is 13.2. The molecule has 0 unspecified atom stereocenters. The summed E-state index contributed by atoms with van der Waals surface area (Å²) in [4.78, 5) is 17.5. The Labute approximate surface area is 129 Å². The Balaban J connectivity index is 1.92. The van der Waals surface area contributed by atoms with E-state index in [1.165, 1.54) is 11.3 Å². The van der Waals surface area contributed by atoms with Crippen molar-refractivity contribution >= 4 is 27.3 Å². The van der Waals surface area contributed by atoms with Gasteiger partial charge in [-0.15, -0.1) is 0 Å². The molecule has 4 rings (SSSR count). The molecule has 0 amide bonds. The quantitative estimate of drug-likeness (QED) is 0.532. The molecule has 0 saturated carbocycles. The van der Waals surface area contributed by atoms with Crippen molar-refractivity contribution in [3.8, 4) is 11.3 Å². The summed E-state index contributed by atoms with van der Waals surface area (Å²) in [7, 11) is 0. The third-order valence-corrected chi connectivity index (χ3v) is 4.62. The molecule has 0 atom stereocenters. The minimum absolute atomic E-state index is 0.377. The Hall–Kier alpha value is -2.47. The van der Waals surface area contributed by atoms with Crippen LogP contribution in [0.1, 0.15) is 17.5 Å². The highest BCUT2D eigenvalue weighted by Crippen LogP contribution is 2.23. The van der Waals surface area contributed by atoms with Crippen molar-refractivity contribution in [1.29, 1.82) is 0 Å². The zero-order valence-electron chi connectivity index (χ0n) is 12.2. The lowest BCUT2D eigenvalue weighted by Gasteiger charge is -2.00. The van der Waals surface area contributed by atoms with Crippen molar-refractivity contribution in [3.05, 3.63) is 51.5 Å². The van der Waals surface area contributed by atoms with E-state index < -0.39 is 0 Å². The Morgan fingerprint density at radius 2 is 2.18 bits per heavy atom. The average Bonchev–Trinajstić information content (AvgIpc) is 3.05. The minimum Gasteiger partial charge on any atom is -0.422 e. The fraction of sp³-hybridized carbons (Fsp3) is 0.188. The summed E-state index contributed by atoms with van der Waals surface area (Å²) in [6.07, 6.45) is 2.65. The van der Waals surface area contributed by atoms with E-state index in [0.29, 0.717) is 16.8 Å². The number of nitrogens with zero attached hydrogens (tertiary/aromatic N) is 3. The van der Waals surface area contributed by atoms with Crippen LogP contribution in [0.15, 0.2) is 39.7 Å². The third kappa shape index (κ3) is 2.03. The van der Waals surface area contributed by atoms with Crippen LogP contribution in [0, 0.1) is 6.92 Å². The van der Waals surface area contributed by atoms with E-state index in [1.54, 1.807) is 10.7 Å². The van der Waals surface area contributed by atoms with Gasteiger partial charge in [0.1, 0.15) is 10.6 Å². The molecule has 4 aromatic rings. The van der Waals surface area contributed by atoms with E-state index in [1.807, 2.05) is 31.2 Å². The Morgan fingerprint density at radius 3 is 2.95 bits per heavy atom. The van der Waals surface area contributed by atoms with Crippen molar-refractivity contribution in [2.24, 2.45) is 0 Å². The average molecular weight is 311 g/mol. The predicted molar refractivity (Wildman–Crippen MR) is 86.5 cm³/mol. The maximum absolute atomic E-state index is 12.2. The molecule has 0 radical (unpaired) electrons. The van der Waals surface area contributed by atoms with Gasteiger partial charge in [0.15, 0.2) is 0 Å². The van der Waals surface area contributed by atoms with Gasteiger partial charge in [-0.1, -0.05) is 29.9 Å². The number of fused-ring (bicyclic) bond motifs is 2. The molecule has 1 aromatic carbocycles. The van der Waals surface area contributed by atoms with Gasteiger partial charge in [-0.25, -0.2) is 14.3 Å². The molecule has 0 aliphatic rings. The minimum atomic E-state index is -0.377. The zero-order valence-corrected chi connectivity index (χ0v) is 13.0. The van der Waals surface area contributed by atoms with Gasteiger partial charge in [0.05, 0.1) is 17.5 Å². The third-order valence-electron chi connectivity index (χ3n) is 3.55. The molecular weight excluding hydrogens is 298 g/mol. The van der Waals surface area contributed by atoms with Crippen LogP contribution in [0.25, 0.3) is 27.2 Å². The summed E-state index contributed by atoms with van der Waals surface area (Å²) >= 11 is 1.53. The maximum atomic E-state index is 12.2. The van der Waals surface area contributed by atoms with Gasteiger partial charge in [-0.05, 0) is 31.5 Å². The highest BCUT2D eigenvalue weighted by Gasteiger charge is 2.14. The highest BCUT2D eigenvalue weighted by molar-refractivity contribution is 7.16. The standard InChI is InChI=1S/C16H13N3O2S/c1-3-14-18-19-8-12(17-16(19)22-14)11-7-10-6-9(2)4-5-13(10)21-15(11)20/h4-8H,3H2,1-2H3. The van der Waals surface area contributed by atoms with Gasteiger partial charge >= 0.3 is 5.63 Å². The lowest BCUT2D eigenvalue weighted by molar-refractivity contribution is 0.563. The largest absolute Gasteiger partial charge is 0.422 e. The zero-order chi connectivity index (χ0) is 15.3. The summed E-state index contributed by atoms with van der Waals surface area (Å²) in [5, 5.41) is 6.34. The van der Waals surface area contributed by atoms with Gasteiger partial charge in [0.2, 0.25) is 4.96 Å². The first-order chi connectivity index (χ1) is 10.6. The number of aryl methyl sites for hydroxylation is 2. The molecule has 3 heterocycles. The second kappa shape index (κ2) is 4.78. The number of imidazole rings is 1. The van der Waals surface area contributed by atoms with Gasteiger partial charge in [-0.2, -0.15) is 5.10 Å². The number of benzene rings is 1. The molecule has 0 saturated heterocycles. The monoisotopic (exact) mass is 311 g/mol.